The van der Waals surface area contributed by atoms with E-state index in [2.05, 4.69) is 20.3 Å². The second kappa shape index (κ2) is 8.98. The van der Waals surface area contributed by atoms with Gasteiger partial charge in [-0.3, -0.25) is 19.1 Å². The molecule has 0 aliphatic rings. The Morgan fingerprint density at radius 2 is 1.97 bits per heavy atom. The van der Waals surface area contributed by atoms with Crippen LogP contribution in [0.4, 0.5) is 4.39 Å². The maximum atomic E-state index is 13.2. The second-order valence-electron chi connectivity index (χ2n) is 7.14. The van der Waals surface area contributed by atoms with Gasteiger partial charge in [0.2, 0.25) is 0 Å². The standard InChI is InChI=1S/C22H20FN5O4/c23-15-3-1-13(2-4-15)9-14-10-16-19(27-11-14)20(30)18(21(31)26-7-8-29)22(32)28(16)12-17-24-5-6-25-17/h1-6,10-11,29-30H,7-9,12H2,(H,24,25)(H,26,31). The summed E-state index contributed by atoms with van der Waals surface area (Å²) in [7, 11) is 0. The molecule has 4 rings (SSSR count). The number of imidazole rings is 1. The van der Waals surface area contributed by atoms with Gasteiger partial charge in [0.05, 0.1) is 18.7 Å². The molecule has 4 aromatic rings. The summed E-state index contributed by atoms with van der Waals surface area (Å²) in [6.07, 6.45) is 5.10. The number of aromatic nitrogens is 4. The Labute approximate surface area is 181 Å². The van der Waals surface area contributed by atoms with Crippen molar-refractivity contribution in [1.29, 1.82) is 0 Å². The first-order chi connectivity index (χ1) is 15.5. The monoisotopic (exact) mass is 437 g/mol. The number of carbonyl (C=O) groups excluding carboxylic acids is 1. The molecule has 9 nitrogen and oxygen atoms in total. The van der Waals surface area contributed by atoms with Gasteiger partial charge in [0, 0.05) is 25.1 Å². The average molecular weight is 437 g/mol. The predicted octanol–water partition coefficient (Wildman–Crippen LogP) is 1.33. The Bertz CT molecular complexity index is 1320. The van der Waals surface area contributed by atoms with Crippen molar-refractivity contribution in [2.75, 3.05) is 13.2 Å². The molecule has 164 valence electrons. The van der Waals surface area contributed by atoms with Crippen LogP contribution in [0.15, 0.2) is 53.7 Å². The Hall–Kier alpha value is -4.05. The van der Waals surface area contributed by atoms with Gasteiger partial charge >= 0.3 is 0 Å². The summed E-state index contributed by atoms with van der Waals surface area (Å²) in [5.41, 5.74) is 0.791. The third-order valence-electron chi connectivity index (χ3n) is 4.94. The zero-order chi connectivity index (χ0) is 22.7. The molecule has 0 radical (unpaired) electrons. The van der Waals surface area contributed by atoms with Gasteiger partial charge in [-0.2, -0.15) is 0 Å². The quantitative estimate of drug-likeness (QED) is 0.345. The number of halogens is 1. The van der Waals surface area contributed by atoms with E-state index in [9.17, 15) is 19.1 Å². The topological polar surface area (TPSA) is 133 Å². The molecule has 0 saturated heterocycles. The summed E-state index contributed by atoms with van der Waals surface area (Å²) in [6, 6.07) is 7.73. The van der Waals surface area contributed by atoms with Crippen LogP contribution < -0.4 is 10.9 Å². The minimum absolute atomic E-state index is 0.0184. The number of aromatic hydroxyl groups is 1. The molecule has 0 fully saturated rings. The van der Waals surface area contributed by atoms with Crippen LogP contribution in [0.1, 0.15) is 27.3 Å². The number of nitrogens with zero attached hydrogens (tertiary/aromatic N) is 3. The highest BCUT2D eigenvalue weighted by molar-refractivity contribution is 6.01. The van der Waals surface area contributed by atoms with E-state index in [1.54, 1.807) is 24.4 Å². The van der Waals surface area contributed by atoms with Crippen LogP contribution in [-0.2, 0) is 13.0 Å². The number of amides is 1. The molecule has 0 atom stereocenters. The summed E-state index contributed by atoms with van der Waals surface area (Å²) in [4.78, 5) is 37.1. The Balaban J connectivity index is 1.85. The van der Waals surface area contributed by atoms with Gasteiger partial charge in [-0.25, -0.2) is 9.37 Å². The number of aliphatic hydroxyl groups is 1. The normalized spacial score (nSPS) is 11.1. The number of fused-ring (bicyclic) bond motifs is 1. The third-order valence-corrected chi connectivity index (χ3v) is 4.94. The molecule has 1 amide bonds. The lowest BCUT2D eigenvalue weighted by Gasteiger charge is -2.15. The van der Waals surface area contributed by atoms with E-state index in [-0.39, 0.29) is 31.0 Å². The van der Waals surface area contributed by atoms with Crippen LogP contribution in [0.25, 0.3) is 11.0 Å². The van der Waals surface area contributed by atoms with Crippen molar-refractivity contribution < 1.29 is 19.4 Å². The van der Waals surface area contributed by atoms with Crippen molar-refractivity contribution in [2.45, 2.75) is 13.0 Å². The molecule has 1 aromatic carbocycles. The van der Waals surface area contributed by atoms with Gasteiger partial charge in [0.1, 0.15) is 22.7 Å². The number of nitrogens with one attached hydrogen (secondary N) is 2. The molecule has 10 heteroatoms. The van der Waals surface area contributed by atoms with Crippen molar-refractivity contribution in [3.8, 4) is 5.75 Å². The van der Waals surface area contributed by atoms with E-state index in [1.165, 1.54) is 29.1 Å². The average Bonchev–Trinajstić information content (AvgIpc) is 3.30. The summed E-state index contributed by atoms with van der Waals surface area (Å²) in [6.45, 7) is -0.367. The van der Waals surface area contributed by atoms with Crippen molar-refractivity contribution in [3.05, 3.63) is 87.6 Å². The van der Waals surface area contributed by atoms with Crippen LogP contribution in [0.3, 0.4) is 0 Å². The summed E-state index contributed by atoms with van der Waals surface area (Å²) >= 11 is 0. The molecule has 3 aromatic heterocycles. The maximum Gasteiger partial charge on any atom is 0.268 e. The van der Waals surface area contributed by atoms with Gasteiger partial charge in [-0.05, 0) is 35.7 Å². The van der Waals surface area contributed by atoms with Crippen LogP contribution in [-0.4, -0.2) is 48.8 Å². The highest BCUT2D eigenvalue weighted by Crippen LogP contribution is 2.26. The van der Waals surface area contributed by atoms with Crippen LogP contribution >= 0.6 is 0 Å². The van der Waals surface area contributed by atoms with Gasteiger partial charge in [-0.1, -0.05) is 12.1 Å². The SMILES string of the molecule is O=C(NCCO)c1c(O)c2ncc(Cc3ccc(F)cc3)cc2n(Cc2ncc[nH]2)c1=O. The van der Waals surface area contributed by atoms with E-state index in [0.29, 0.717) is 17.8 Å². The van der Waals surface area contributed by atoms with Gasteiger partial charge in [0.25, 0.3) is 11.5 Å². The smallest absolute Gasteiger partial charge is 0.268 e. The number of rotatable bonds is 7. The van der Waals surface area contributed by atoms with Crippen LogP contribution in [0.5, 0.6) is 5.75 Å². The zero-order valence-corrected chi connectivity index (χ0v) is 16.9. The first kappa shape index (κ1) is 21.2. The number of hydrogen-bond acceptors (Lipinski definition) is 6. The lowest BCUT2D eigenvalue weighted by Crippen LogP contribution is -2.35. The number of hydrogen-bond donors (Lipinski definition) is 4. The van der Waals surface area contributed by atoms with E-state index in [0.717, 1.165) is 11.1 Å². The third kappa shape index (κ3) is 4.21. The van der Waals surface area contributed by atoms with Crippen molar-refractivity contribution in [3.63, 3.8) is 0 Å². The number of aromatic amines is 1. The maximum absolute atomic E-state index is 13.2. The van der Waals surface area contributed by atoms with Crippen LogP contribution in [0.2, 0.25) is 0 Å². The lowest BCUT2D eigenvalue weighted by molar-refractivity contribution is 0.0940. The Kier molecular flexibility index (Phi) is 5.95. The number of aliphatic hydroxyl groups excluding tert-OH is 1. The molecule has 0 aliphatic carbocycles. The minimum Gasteiger partial charge on any atom is -0.505 e. The van der Waals surface area contributed by atoms with Crippen molar-refractivity contribution in [2.24, 2.45) is 0 Å². The fourth-order valence-corrected chi connectivity index (χ4v) is 3.44. The molecule has 0 bridgehead atoms. The Morgan fingerprint density at radius 3 is 2.66 bits per heavy atom. The summed E-state index contributed by atoms with van der Waals surface area (Å²) in [5.74, 6) is -1.21. The highest BCUT2D eigenvalue weighted by Gasteiger charge is 2.23. The van der Waals surface area contributed by atoms with E-state index in [1.807, 2.05) is 0 Å². The molecule has 0 saturated carbocycles. The summed E-state index contributed by atoms with van der Waals surface area (Å²) < 4.78 is 14.5. The van der Waals surface area contributed by atoms with Crippen molar-refractivity contribution >= 4 is 16.9 Å². The molecule has 3 heterocycles. The number of carbonyl (C=O) groups is 1. The van der Waals surface area contributed by atoms with E-state index >= 15 is 0 Å². The molecular formula is C22H20FN5O4. The number of H-pyrrole nitrogens is 1. The molecule has 32 heavy (non-hydrogen) atoms. The number of benzene rings is 1. The minimum atomic E-state index is -0.811. The predicted molar refractivity (Wildman–Crippen MR) is 114 cm³/mol. The van der Waals surface area contributed by atoms with Gasteiger partial charge in [-0.15, -0.1) is 0 Å². The molecular weight excluding hydrogens is 417 g/mol. The highest BCUT2D eigenvalue weighted by atomic mass is 19.1. The first-order valence-corrected chi connectivity index (χ1v) is 9.84. The van der Waals surface area contributed by atoms with E-state index in [4.69, 9.17) is 5.11 Å². The molecule has 0 aliphatic heterocycles. The lowest BCUT2D eigenvalue weighted by atomic mass is 10.1. The largest absolute Gasteiger partial charge is 0.505 e. The van der Waals surface area contributed by atoms with Crippen LogP contribution in [0, 0.1) is 5.82 Å². The molecule has 4 N–H and O–H groups in total. The van der Waals surface area contributed by atoms with E-state index < -0.39 is 22.8 Å². The molecule has 0 spiro atoms. The zero-order valence-electron chi connectivity index (χ0n) is 16.9. The Morgan fingerprint density at radius 1 is 1.19 bits per heavy atom. The van der Waals surface area contributed by atoms with Gasteiger partial charge in [0.15, 0.2) is 5.75 Å². The van der Waals surface area contributed by atoms with Gasteiger partial charge < -0.3 is 20.5 Å². The summed E-state index contributed by atoms with van der Waals surface area (Å²) in [5, 5.41) is 22.0. The fourth-order valence-electron chi connectivity index (χ4n) is 3.44. The first-order valence-electron chi connectivity index (χ1n) is 9.84. The number of pyridine rings is 2. The van der Waals surface area contributed by atoms with Crippen molar-refractivity contribution in [1.82, 2.24) is 24.8 Å². The molecule has 0 unspecified atom stereocenters. The second-order valence-corrected chi connectivity index (χ2v) is 7.14. The fraction of sp³-hybridized carbons (Fsp3) is 0.182.